The fourth-order valence-corrected chi connectivity index (χ4v) is 2.78. The molecule has 1 aromatic rings. The Balaban J connectivity index is 2.27. The zero-order chi connectivity index (χ0) is 14.0. The third-order valence-electron chi connectivity index (χ3n) is 3.84. The van der Waals surface area contributed by atoms with Gasteiger partial charge < -0.3 is 15.5 Å². The Hall–Kier alpha value is -1.71. The van der Waals surface area contributed by atoms with Crippen LogP contribution >= 0.6 is 0 Å². The molecule has 4 nitrogen and oxygen atoms in total. The molecule has 1 aliphatic heterocycles. The highest BCUT2D eigenvalue weighted by Gasteiger charge is 2.24. The summed E-state index contributed by atoms with van der Waals surface area (Å²) in [6.45, 7) is 3.27. The maximum absolute atomic E-state index is 11.9. The number of benzene rings is 1. The molecule has 2 rings (SSSR count). The second-order valence-corrected chi connectivity index (χ2v) is 5.37. The molecule has 1 atom stereocenters. The average Bonchev–Trinajstić information content (AvgIpc) is 2.85. The van der Waals surface area contributed by atoms with E-state index in [1.54, 1.807) is 25.1 Å². The number of carbonyl (C=O) groups excluding carboxylic acids is 1. The van der Waals surface area contributed by atoms with Crippen LogP contribution in [0.1, 0.15) is 36.5 Å². The summed E-state index contributed by atoms with van der Waals surface area (Å²) in [5.41, 5.74) is 8.57. The molecule has 0 spiro atoms. The summed E-state index contributed by atoms with van der Waals surface area (Å²) in [6, 6.07) is 6.24. The average molecular weight is 261 g/mol. The van der Waals surface area contributed by atoms with E-state index in [9.17, 15) is 4.79 Å². The molecule has 1 aliphatic rings. The number of amides is 1. The van der Waals surface area contributed by atoms with Crippen molar-refractivity contribution in [1.82, 2.24) is 4.90 Å². The van der Waals surface area contributed by atoms with Gasteiger partial charge in [0.05, 0.1) is 11.4 Å². The topological polar surface area (TPSA) is 49.6 Å². The standard InChI is InChI=1S/C15H23N3O/c1-4-12-6-5-9-18(12)14-8-7-11(10-13(14)16)15(19)17(2)3/h7-8,10,12H,4-6,9,16H2,1-3H3. The molecular formula is C15H23N3O. The van der Waals surface area contributed by atoms with E-state index in [1.165, 1.54) is 12.8 Å². The van der Waals surface area contributed by atoms with Gasteiger partial charge in [-0.2, -0.15) is 0 Å². The first-order valence-corrected chi connectivity index (χ1v) is 6.92. The monoisotopic (exact) mass is 261 g/mol. The molecule has 1 heterocycles. The summed E-state index contributed by atoms with van der Waals surface area (Å²) in [5, 5.41) is 0. The zero-order valence-electron chi connectivity index (χ0n) is 12.0. The van der Waals surface area contributed by atoms with Crippen LogP contribution in [0.3, 0.4) is 0 Å². The van der Waals surface area contributed by atoms with Crippen molar-refractivity contribution in [2.75, 3.05) is 31.3 Å². The van der Waals surface area contributed by atoms with Crippen molar-refractivity contribution in [3.63, 3.8) is 0 Å². The molecule has 1 unspecified atom stereocenters. The Morgan fingerprint density at radius 1 is 1.47 bits per heavy atom. The van der Waals surface area contributed by atoms with E-state index in [0.717, 1.165) is 18.7 Å². The van der Waals surface area contributed by atoms with Crippen molar-refractivity contribution in [3.05, 3.63) is 23.8 Å². The number of hydrogen-bond donors (Lipinski definition) is 1. The zero-order valence-corrected chi connectivity index (χ0v) is 12.0. The maximum atomic E-state index is 11.9. The van der Waals surface area contributed by atoms with Gasteiger partial charge >= 0.3 is 0 Å². The van der Waals surface area contributed by atoms with Crippen molar-refractivity contribution in [3.8, 4) is 0 Å². The SMILES string of the molecule is CCC1CCCN1c1ccc(C(=O)N(C)C)cc1N. The number of nitrogens with zero attached hydrogens (tertiary/aromatic N) is 2. The number of nitrogens with two attached hydrogens (primary N) is 1. The first kappa shape index (κ1) is 13.7. The second-order valence-electron chi connectivity index (χ2n) is 5.37. The normalized spacial score (nSPS) is 18.7. The van der Waals surface area contributed by atoms with Crippen LogP contribution < -0.4 is 10.6 Å². The van der Waals surface area contributed by atoms with Crippen LogP contribution in [0.25, 0.3) is 0 Å². The summed E-state index contributed by atoms with van der Waals surface area (Å²) in [5.74, 6) is -0.00767. The minimum atomic E-state index is -0.00767. The lowest BCUT2D eigenvalue weighted by Gasteiger charge is -2.27. The van der Waals surface area contributed by atoms with Crippen LogP contribution in [-0.4, -0.2) is 37.5 Å². The van der Waals surface area contributed by atoms with Crippen LogP contribution in [0.15, 0.2) is 18.2 Å². The maximum Gasteiger partial charge on any atom is 0.253 e. The molecular weight excluding hydrogens is 238 g/mol. The molecule has 19 heavy (non-hydrogen) atoms. The number of hydrogen-bond acceptors (Lipinski definition) is 3. The minimum absolute atomic E-state index is 0.00767. The van der Waals surface area contributed by atoms with Gasteiger partial charge in [-0.1, -0.05) is 6.92 Å². The van der Waals surface area contributed by atoms with E-state index in [2.05, 4.69) is 11.8 Å². The fourth-order valence-electron chi connectivity index (χ4n) is 2.78. The molecule has 1 aromatic carbocycles. The van der Waals surface area contributed by atoms with Crippen LogP contribution in [0.2, 0.25) is 0 Å². The minimum Gasteiger partial charge on any atom is -0.397 e. The number of nitrogen functional groups attached to an aromatic ring is 1. The number of carbonyl (C=O) groups is 1. The molecule has 0 aliphatic carbocycles. The Morgan fingerprint density at radius 3 is 2.79 bits per heavy atom. The molecule has 2 N–H and O–H groups in total. The summed E-state index contributed by atoms with van der Waals surface area (Å²) in [4.78, 5) is 15.8. The second kappa shape index (κ2) is 5.51. The Bertz CT molecular complexity index is 470. The van der Waals surface area contributed by atoms with Crippen molar-refractivity contribution < 1.29 is 4.79 Å². The molecule has 104 valence electrons. The van der Waals surface area contributed by atoms with Crippen LogP contribution in [0.4, 0.5) is 11.4 Å². The smallest absolute Gasteiger partial charge is 0.253 e. The highest BCUT2D eigenvalue weighted by atomic mass is 16.2. The van der Waals surface area contributed by atoms with Crippen molar-refractivity contribution in [2.45, 2.75) is 32.2 Å². The van der Waals surface area contributed by atoms with E-state index in [0.29, 0.717) is 17.3 Å². The first-order chi connectivity index (χ1) is 9.04. The van der Waals surface area contributed by atoms with Gasteiger partial charge in [0.25, 0.3) is 5.91 Å². The predicted octanol–water partition coefficient (Wildman–Crippen LogP) is 2.35. The van der Waals surface area contributed by atoms with Gasteiger partial charge in [-0.15, -0.1) is 0 Å². The lowest BCUT2D eigenvalue weighted by Crippen LogP contribution is -2.29. The highest BCUT2D eigenvalue weighted by molar-refractivity contribution is 5.95. The predicted molar refractivity (Wildman–Crippen MR) is 79.5 cm³/mol. The van der Waals surface area contributed by atoms with Gasteiger partial charge in [-0.25, -0.2) is 0 Å². The summed E-state index contributed by atoms with van der Waals surface area (Å²) < 4.78 is 0. The molecule has 1 saturated heterocycles. The quantitative estimate of drug-likeness (QED) is 0.850. The van der Waals surface area contributed by atoms with Gasteiger partial charge in [0.15, 0.2) is 0 Å². The molecule has 0 saturated carbocycles. The Labute approximate surface area is 115 Å². The van der Waals surface area contributed by atoms with Gasteiger partial charge in [-0.3, -0.25) is 4.79 Å². The Morgan fingerprint density at radius 2 is 2.21 bits per heavy atom. The van der Waals surface area contributed by atoms with Crippen LogP contribution in [-0.2, 0) is 0 Å². The molecule has 0 aromatic heterocycles. The lowest BCUT2D eigenvalue weighted by molar-refractivity contribution is 0.0827. The van der Waals surface area contributed by atoms with Crippen LogP contribution in [0, 0.1) is 0 Å². The van der Waals surface area contributed by atoms with Crippen molar-refractivity contribution in [2.24, 2.45) is 0 Å². The van der Waals surface area contributed by atoms with Crippen LogP contribution in [0.5, 0.6) is 0 Å². The van der Waals surface area contributed by atoms with Gasteiger partial charge in [0.1, 0.15) is 0 Å². The summed E-state index contributed by atoms with van der Waals surface area (Å²) in [7, 11) is 3.50. The van der Waals surface area contributed by atoms with Gasteiger partial charge in [0, 0.05) is 32.2 Å². The molecule has 0 bridgehead atoms. The lowest BCUT2D eigenvalue weighted by atomic mass is 10.1. The van der Waals surface area contributed by atoms with Crippen molar-refractivity contribution in [1.29, 1.82) is 0 Å². The summed E-state index contributed by atoms with van der Waals surface area (Å²) >= 11 is 0. The largest absolute Gasteiger partial charge is 0.397 e. The van der Waals surface area contributed by atoms with E-state index in [4.69, 9.17) is 5.73 Å². The fraction of sp³-hybridized carbons (Fsp3) is 0.533. The number of rotatable bonds is 3. The van der Waals surface area contributed by atoms with Gasteiger partial charge in [-0.05, 0) is 37.5 Å². The van der Waals surface area contributed by atoms with E-state index >= 15 is 0 Å². The van der Waals surface area contributed by atoms with E-state index < -0.39 is 0 Å². The highest BCUT2D eigenvalue weighted by Crippen LogP contribution is 2.32. The van der Waals surface area contributed by atoms with Crippen molar-refractivity contribution >= 4 is 17.3 Å². The first-order valence-electron chi connectivity index (χ1n) is 6.92. The van der Waals surface area contributed by atoms with E-state index in [-0.39, 0.29) is 5.91 Å². The third kappa shape index (κ3) is 2.67. The van der Waals surface area contributed by atoms with E-state index in [1.807, 2.05) is 12.1 Å². The summed E-state index contributed by atoms with van der Waals surface area (Å²) in [6.07, 6.45) is 3.59. The molecule has 0 radical (unpaired) electrons. The Kier molecular flexibility index (Phi) is 3.98. The third-order valence-corrected chi connectivity index (χ3v) is 3.84. The molecule has 1 fully saturated rings. The molecule has 4 heteroatoms. The van der Waals surface area contributed by atoms with Gasteiger partial charge in [0.2, 0.25) is 0 Å². The molecule has 1 amide bonds. The number of anilines is 2.